The number of hydrogen-bond donors (Lipinski definition) is 2. The summed E-state index contributed by atoms with van der Waals surface area (Å²) in [6.45, 7) is 3.29. The van der Waals surface area contributed by atoms with Gasteiger partial charge in [0.15, 0.2) is 0 Å². The van der Waals surface area contributed by atoms with Crippen LogP contribution in [0.5, 0.6) is 5.75 Å². The predicted octanol–water partition coefficient (Wildman–Crippen LogP) is -0.0651. The van der Waals surface area contributed by atoms with E-state index < -0.39 is 10.0 Å². The summed E-state index contributed by atoms with van der Waals surface area (Å²) < 4.78 is 24.5. The molecule has 1 heterocycles. The van der Waals surface area contributed by atoms with E-state index in [9.17, 15) is 18.3 Å². The van der Waals surface area contributed by atoms with E-state index in [2.05, 4.69) is 5.32 Å². The maximum absolute atomic E-state index is 12.7. The van der Waals surface area contributed by atoms with E-state index in [1.165, 1.54) is 10.6 Å². The highest BCUT2D eigenvalue weighted by Crippen LogP contribution is 2.18. The molecule has 2 rings (SSSR count). The lowest BCUT2D eigenvalue weighted by Gasteiger charge is -2.35. The van der Waals surface area contributed by atoms with Gasteiger partial charge in [0.2, 0.25) is 15.9 Å². The average Bonchev–Trinajstić information content (AvgIpc) is 2.54. The standard InChI is InChI=1S/C16H25N3O4S/c1-12-10-13(4-5-15(12)20)11-14(17-2)16(21)18-6-8-19(9-7-18)24(3,22)23/h4-5,10,14,17,20H,6-9,11H2,1-3H3. The molecule has 7 nitrogen and oxygen atoms in total. The number of nitrogens with one attached hydrogen (secondary N) is 1. The van der Waals surface area contributed by atoms with Crippen molar-refractivity contribution in [1.82, 2.24) is 14.5 Å². The predicted molar refractivity (Wildman–Crippen MR) is 92.4 cm³/mol. The molecule has 1 unspecified atom stereocenters. The lowest BCUT2D eigenvalue weighted by atomic mass is 10.0. The van der Waals surface area contributed by atoms with Crippen molar-refractivity contribution in [3.8, 4) is 5.75 Å². The van der Waals surface area contributed by atoms with Crippen molar-refractivity contribution in [3.05, 3.63) is 29.3 Å². The van der Waals surface area contributed by atoms with E-state index in [1.807, 2.05) is 19.1 Å². The van der Waals surface area contributed by atoms with Crippen molar-refractivity contribution in [2.75, 3.05) is 39.5 Å². The molecule has 0 saturated carbocycles. The second-order valence-electron chi connectivity index (χ2n) is 6.15. The van der Waals surface area contributed by atoms with Crippen LogP contribution in [0.3, 0.4) is 0 Å². The van der Waals surface area contributed by atoms with Gasteiger partial charge in [0.1, 0.15) is 5.75 Å². The van der Waals surface area contributed by atoms with Gasteiger partial charge in [0, 0.05) is 26.2 Å². The van der Waals surface area contributed by atoms with Crippen LogP contribution in [0.25, 0.3) is 0 Å². The van der Waals surface area contributed by atoms with Crippen molar-refractivity contribution in [2.45, 2.75) is 19.4 Å². The normalized spacial score (nSPS) is 17.7. The summed E-state index contributed by atoms with van der Waals surface area (Å²) in [6, 6.07) is 4.93. The number of aryl methyl sites for hydroxylation is 1. The fourth-order valence-electron chi connectivity index (χ4n) is 2.85. The summed E-state index contributed by atoms with van der Waals surface area (Å²) in [6.07, 6.45) is 1.71. The maximum Gasteiger partial charge on any atom is 0.240 e. The molecule has 1 fully saturated rings. The zero-order valence-corrected chi connectivity index (χ0v) is 15.1. The molecule has 1 aromatic carbocycles. The summed E-state index contributed by atoms with van der Waals surface area (Å²) in [7, 11) is -1.46. The monoisotopic (exact) mass is 355 g/mol. The SMILES string of the molecule is CNC(Cc1ccc(O)c(C)c1)C(=O)N1CCN(S(C)(=O)=O)CC1. The van der Waals surface area contributed by atoms with Crippen molar-refractivity contribution < 1.29 is 18.3 Å². The third-order valence-electron chi connectivity index (χ3n) is 4.37. The molecule has 1 aliphatic rings. The molecule has 1 amide bonds. The van der Waals surface area contributed by atoms with Crippen LogP contribution in [0, 0.1) is 6.92 Å². The van der Waals surface area contributed by atoms with Gasteiger partial charge >= 0.3 is 0 Å². The molecule has 0 bridgehead atoms. The highest BCUT2D eigenvalue weighted by Gasteiger charge is 2.29. The number of phenolic OH excluding ortho intramolecular Hbond substituents is 1. The van der Waals surface area contributed by atoms with Gasteiger partial charge in [-0.05, 0) is 37.6 Å². The quantitative estimate of drug-likeness (QED) is 0.772. The Balaban J connectivity index is 2.00. The van der Waals surface area contributed by atoms with Gasteiger partial charge in [-0.15, -0.1) is 0 Å². The molecule has 1 aliphatic heterocycles. The van der Waals surface area contributed by atoms with E-state index in [0.29, 0.717) is 32.6 Å². The third kappa shape index (κ3) is 4.46. The van der Waals surface area contributed by atoms with Crippen LogP contribution < -0.4 is 5.32 Å². The molecular formula is C16H25N3O4S. The number of aromatic hydroxyl groups is 1. The van der Waals surface area contributed by atoms with E-state index in [-0.39, 0.29) is 17.7 Å². The lowest BCUT2D eigenvalue weighted by molar-refractivity contribution is -0.134. The smallest absolute Gasteiger partial charge is 0.240 e. The van der Waals surface area contributed by atoms with E-state index in [4.69, 9.17) is 0 Å². The number of sulfonamides is 1. The average molecular weight is 355 g/mol. The van der Waals surface area contributed by atoms with Crippen LogP contribution in [0.1, 0.15) is 11.1 Å². The van der Waals surface area contributed by atoms with E-state index in [1.54, 1.807) is 18.0 Å². The van der Waals surface area contributed by atoms with Crippen LogP contribution in [0.4, 0.5) is 0 Å². The van der Waals surface area contributed by atoms with Gasteiger partial charge in [-0.2, -0.15) is 4.31 Å². The van der Waals surface area contributed by atoms with Gasteiger partial charge in [-0.25, -0.2) is 8.42 Å². The fraction of sp³-hybridized carbons (Fsp3) is 0.562. The number of carbonyl (C=O) groups excluding carboxylic acids is 1. The molecular weight excluding hydrogens is 330 g/mol. The van der Waals surface area contributed by atoms with Crippen molar-refractivity contribution in [2.24, 2.45) is 0 Å². The van der Waals surface area contributed by atoms with E-state index >= 15 is 0 Å². The Morgan fingerprint density at radius 1 is 1.29 bits per heavy atom. The fourth-order valence-corrected chi connectivity index (χ4v) is 3.68. The van der Waals surface area contributed by atoms with Crippen LogP contribution >= 0.6 is 0 Å². The highest BCUT2D eigenvalue weighted by molar-refractivity contribution is 7.88. The van der Waals surface area contributed by atoms with Crippen molar-refractivity contribution >= 4 is 15.9 Å². The summed E-state index contributed by atoms with van der Waals surface area (Å²) >= 11 is 0. The first-order valence-electron chi connectivity index (χ1n) is 7.92. The van der Waals surface area contributed by atoms with E-state index in [0.717, 1.165) is 11.1 Å². The second kappa shape index (κ2) is 7.50. The van der Waals surface area contributed by atoms with Crippen LogP contribution in [0.15, 0.2) is 18.2 Å². The molecule has 1 saturated heterocycles. The summed E-state index contributed by atoms with van der Waals surface area (Å²) in [5.41, 5.74) is 1.74. The molecule has 0 aliphatic carbocycles. The first-order chi connectivity index (χ1) is 11.2. The summed E-state index contributed by atoms with van der Waals surface area (Å²) in [4.78, 5) is 14.4. The molecule has 8 heteroatoms. The molecule has 24 heavy (non-hydrogen) atoms. The minimum absolute atomic E-state index is 0.0311. The first-order valence-corrected chi connectivity index (χ1v) is 9.77. The molecule has 0 aromatic heterocycles. The van der Waals surface area contributed by atoms with Gasteiger partial charge in [0.25, 0.3) is 0 Å². The third-order valence-corrected chi connectivity index (χ3v) is 5.67. The number of amides is 1. The number of rotatable bonds is 5. The van der Waals surface area contributed by atoms with Crippen molar-refractivity contribution in [1.29, 1.82) is 0 Å². The number of carbonyl (C=O) groups is 1. The summed E-state index contributed by atoms with van der Waals surface area (Å²) in [5.74, 6) is 0.208. The Bertz CT molecular complexity index is 697. The molecule has 0 spiro atoms. The van der Waals surface area contributed by atoms with Gasteiger partial charge < -0.3 is 15.3 Å². The summed E-state index contributed by atoms with van der Waals surface area (Å²) in [5, 5.41) is 12.6. The van der Waals surface area contributed by atoms with Gasteiger partial charge in [0.05, 0.1) is 12.3 Å². The minimum Gasteiger partial charge on any atom is -0.508 e. The number of benzene rings is 1. The Morgan fingerprint density at radius 3 is 2.42 bits per heavy atom. The highest BCUT2D eigenvalue weighted by atomic mass is 32.2. The zero-order chi connectivity index (χ0) is 17.9. The van der Waals surface area contributed by atoms with Crippen LogP contribution in [-0.4, -0.2) is 74.2 Å². The second-order valence-corrected chi connectivity index (χ2v) is 8.14. The van der Waals surface area contributed by atoms with Gasteiger partial charge in [-0.3, -0.25) is 4.79 Å². The largest absolute Gasteiger partial charge is 0.508 e. The molecule has 0 radical (unpaired) electrons. The molecule has 1 aromatic rings. The van der Waals surface area contributed by atoms with Crippen molar-refractivity contribution in [3.63, 3.8) is 0 Å². The number of piperazine rings is 1. The Labute approximate surface area is 143 Å². The first kappa shape index (κ1) is 18.7. The number of likely N-dealkylation sites (N-methyl/N-ethyl adjacent to an activating group) is 1. The topological polar surface area (TPSA) is 89.9 Å². The molecule has 1 atom stereocenters. The number of hydrogen-bond acceptors (Lipinski definition) is 5. The van der Waals surface area contributed by atoms with Crippen LogP contribution in [0.2, 0.25) is 0 Å². The number of nitrogens with zero attached hydrogens (tertiary/aromatic N) is 2. The Morgan fingerprint density at radius 2 is 1.92 bits per heavy atom. The Kier molecular flexibility index (Phi) is 5.84. The Hall–Kier alpha value is -1.64. The van der Waals surface area contributed by atoms with Gasteiger partial charge in [-0.1, -0.05) is 12.1 Å². The minimum atomic E-state index is -3.20. The lowest BCUT2D eigenvalue weighted by Crippen LogP contribution is -2.55. The molecule has 2 N–H and O–H groups in total. The zero-order valence-electron chi connectivity index (χ0n) is 14.3. The molecule has 134 valence electrons. The maximum atomic E-state index is 12.7. The number of phenols is 1. The van der Waals surface area contributed by atoms with Crippen LogP contribution in [-0.2, 0) is 21.2 Å².